The van der Waals surface area contributed by atoms with Gasteiger partial charge < -0.3 is 14.6 Å². The van der Waals surface area contributed by atoms with Crippen LogP contribution >= 0.6 is 0 Å². The topological polar surface area (TPSA) is 92.0 Å². The van der Waals surface area contributed by atoms with Crippen molar-refractivity contribution in [2.24, 2.45) is 4.40 Å². The first kappa shape index (κ1) is 16.6. The smallest absolute Gasteiger partial charge is 0.256 e. The van der Waals surface area contributed by atoms with Crippen LogP contribution in [0.4, 0.5) is 0 Å². The number of nitrogens with one attached hydrogen (secondary N) is 1. The van der Waals surface area contributed by atoms with Gasteiger partial charge in [-0.25, -0.2) is 8.42 Å². The molecule has 1 aromatic carbocycles. The molecule has 8 heteroatoms. The molecule has 0 saturated carbocycles. The molecular weight excluding hydrogens is 354 g/mol. The van der Waals surface area contributed by atoms with Crippen LogP contribution in [-0.4, -0.2) is 37.4 Å². The lowest BCUT2D eigenvalue weighted by molar-refractivity contribution is -0.117. The predicted octanol–water partition coefficient (Wildman–Crippen LogP) is 2.11. The van der Waals surface area contributed by atoms with Crippen LogP contribution < -0.4 is 5.32 Å². The molecule has 2 aliphatic heterocycles. The normalized spacial score (nSPS) is 19.5. The molecule has 2 aromatic rings. The fourth-order valence-corrected chi connectivity index (χ4v) is 3.94. The molecule has 0 radical (unpaired) electrons. The van der Waals surface area contributed by atoms with E-state index in [1.165, 1.54) is 0 Å². The Morgan fingerprint density at radius 1 is 1.35 bits per heavy atom. The Bertz CT molecular complexity index is 1050. The van der Waals surface area contributed by atoms with Gasteiger partial charge in [0.25, 0.3) is 15.9 Å². The summed E-state index contributed by atoms with van der Waals surface area (Å²) < 4.78 is 33.1. The maximum absolute atomic E-state index is 12.7. The van der Waals surface area contributed by atoms with Gasteiger partial charge >= 0.3 is 0 Å². The summed E-state index contributed by atoms with van der Waals surface area (Å²) in [6, 6.07) is 9.10. The van der Waals surface area contributed by atoms with Crippen LogP contribution in [0.5, 0.6) is 0 Å². The first-order valence-corrected chi connectivity index (χ1v) is 9.81. The molecule has 0 saturated heterocycles. The average Bonchev–Trinajstić information content (AvgIpc) is 3.04. The molecule has 3 heterocycles. The summed E-state index contributed by atoms with van der Waals surface area (Å²) in [5.74, 6) is 0.322. The quantitative estimate of drug-likeness (QED) is 0.892. The zero-order valence-corrected chi connectivity index (χ0v) is 14.9. The Balaban J connectivity index is 1.58. The number of hydrogen-bond donors (Lipinski definition) is 1. The highest BCUT2D eigenvalue weighted by Gasteiger charge is 2.30. The lowest BCUT2D eigenvalue weighted by Crippen LogP contribution is -2.42. The molecule has 7 nitrogen and oxygen atoms in total. The molecule has 1 atom stereocenters. The number of carbonyl (C=O) groups excluding carboxylic acids is 1. The molecule has 1 unspecified atom stereocenters. The number of hydrogen-bond acceptors (Lipinski definition) is 5. The number of fused-ring (bicyclic) bond motifs is 2. The van der Waals surface area contributed by atoms with Crippen molar-refractivity contribution in [2.75, 3.05) is 12.3 Å². The number of amides is 1. The van der Waals surface area contributed by atoms with Crippen molar-refractivity contribution in [3.05, 3.63) is 60.0 Å². The Hall–Kier alpha value is -2.87. The van der Waals surface area contributed by atoms with Crippen LogP contribution in [0.2, 0.25) is 0 Å². The van der Waals surface area contributed by atoms with E-state index in [0.29, 0.717) is 5.76 Å². The third-order valence-corrected chi connectivity index (χ3v) is 5.47. The second kappa shape index (κ2) is 6.14. The van der Waals surface area contributed by atoms with Crippen molar-refractivity contribution < 1.29 is 17.6 Å². The van der Waals surface area contributed by atoms with Crippen LogP contribution in [0.1, 0.15) is 18.7 Å². The molecule has 0 spiro atoms. The number of carbonyl (C=O) groups is 1. The molecular formula is C18H17N3O4S. The highest BCUT2D eigenvalue weighted by atomic mass is 32.2. The number of para-hydroxylation sites is 1. The Labute approximate surface area is 150 Å². The third-order valence-electron chi connectivity index (χ3n) is 4.32. The van der Waals surface area contributed by atoms with Gasteiger partial charge in [0, 0.05) is 18.1 Å². The van der Waals surface area contributed by atoms with Crippen LogP contribution in [0, 0.1) is 0 Å². The number of sulfonamides is 1. The standard InChI is InChI=1S/C18H17N3O4S/c1-12(16-11-13-5-2-3-7-15(13)25-16)19-18(22)14-6-4-8-21-9-10-26(23,24)20-17(14)21/h2-8,11-12H,9-10H2,1H3,(H,19,22). The van der Waals surface area contributed by atoms with Gasteiger partial charge in [0.05, 0.1) is 17.4 Å². The highest BCUT2D eigenvalue weighted by molar-refractivity contribution is 7.90. The summed E-state index contributed by atoms with van der Waals surface area (Å²) in [7, 11) is -3.54. The molecule has 1 amide bonds. The minimum atomic E-state index is -3.54. The van der Waals surface area contributed by atoms with Crippen LogP contribution in [0.15, 0.2) is 63.1 Å². The minimum absolute atomic E-state index is 0.0644. The minimum Gasteiger partial charge on any atom is -0.459 e. The molecule has 26 heavy (non-hydrogen) atoms. The lowest BCUT2D eigenvalue weighted by Gasteiger charge is -2.29. The summed E-state index contributed by atoms with van der Waals surface area (Å²) in [4.78, 5) is 14.4. The molecule has 0 aliphatic carbocycles. The van der Waals surface area contributed by atoms with Crippen LogP contribution in [-0.2, 0) is 14.8 Å². The molecule has 1 N–H and O–H groups in total. The van der Waals surface area contributed by atoms with E-state index >= 15 is 0 Å². The SMILES string of the molecule is CC(NC(=O)C1=CC=CN2CCS(=O)(=O)N=C12)c1cc2ccccc2o1. The van der Waals surface area contributed by atoms with E-state index in [1.54, 1.807) is 23.3 Å². The van der Waals surface area contributed by atoms with Crippen molar-refractivity contribution in [3.8, 4) is 0 Å². The van der Waals surface area contributed by atoms with Gasteiger partial charge in [-0.3, -0.25) is 4.79 Å². The lowest BCUT2D eigenvalue weighted by atomic mass is 10.1. The summed E-state index contributed by atoms with van der Waals surface area (Å²) in [5, 5.41) is 3.81. The summed E-state index contributed by atoms with van der Waals surface area (Å²) in [5.41, 5.74) is 0.969. The predicted molar refractivity (Wildman–Crippen MR) is 97.9 cm³/mol. The monoisotopic (exact) mass is 371 g/mol. The van der Waals surface area contributed by atoms with E-state index in [1.807, 2.05) is 37.3 Å². The van der Waals surface area contributed by atoms with Gasteiger partial charge in [-0.2, -0.15) is 0 Å². The second-order valence-corrected chi connectivity index (χ2v) is 7.95. The molecule has 0 fully saturated rings. The number of rotatable bonds is 3. The van der Waals surface area contributed by atoms with E-state index in [2.05, 4.69) is 9.71 Å². The zero-order valence-electron chi connectivity index (χ0n) is 14.0. The number of benzene rings is 1. The van der Waals surface area contributed by atoms with E-state index < -0.39 is 15.9 Å². The summed E-state index contributed by atoms with van der Waals surface area (Å²) >= 11 is 0. The van der Waals surface area contributed by atoms with Gasteiger partial charge in [0.2, 0.25) is 0 Å². The maximum Gasteiger partial charge on any atom is 0.256 e. The molecule has 0 bridgehead atoms. The molecule has 4 rings (SSSR count). The highest BCUT2D eigenvalue weighted by Crippen LogP contribution is 2.24. The Morgan fingerprint density at radius 2 is 2.15 bits per heavy atom. The first-order valence-electron chi connectivity index (χ1n) is 8.20. The van der Waals surface area contributed by atoms with Crippen LogP contribution in [0.25, 0.3) is 11.0 Å². The molecule has 1 aromatic heterocycles. The van der Waals surface area contributed by atoms with E-state index in [4.69, 9.17) is 4.42 Å². The number of nitrogens with zero attached hydrogens (tertiary/aromatic N) is 2. The molecule has 134 valence electrons. The maximum atomic E-state index is 12.7. The van der Waals surface area contributed by atoms with Gasteiger partial charge in [-0.05, 0) is 31.2 Å². The first-order chi connectivity index (χ1) is 12.4. The fraction of sp³-hybridized carbons (Fsp3) is 0.222. The van der Waals surface area contributed by atoms with Crippen LogP contribution in [0.3, 0.4) is 0 Å². The number of amidine groups is 1. The summed E-state index contributed by atoms with van der Waals surface area (Å²) in [6.07, 6.45) is 4.99. The van der Waals surface area contributed by atoms with E-state index in [0.717, 1.165) is 11.0 Å². The van der Waals surface area contributed by atoms with Crippen molar-refractivity contribution >= 4 is 32.7 Å². The van der Waals surface area contributed by atoms with Gasteiger partial charge in [0.15, 0.2) is 5.84 Å². The van der Waals surface area contributed by atoms with Gasteiger partial charge in [-0.1, -0.05) is 18.2 Å². The summed E-state index contributed by atoms with van der Waals surface area (Å²) in [6.45, 7) is 2.09. The zero-order chi connectivity index (χ0) is 18.3. The number of furan rings is 1. The van der Waals surface area contributed by atoms with Crippen molar-refractivity contribution in [3.63, 3.8) is 0 Å². The van der Waals surface area contributed by atoms with E-state index in [9.17, 15) is 13.2 Å². The van der Waals surface area contributed by atoms with Crippen molar-refractivity contribution in [2.45, 2.75) is 13.0 Å². The third kappa shape index (κ3) is 3.03. The fourth-order valence-electron chi connectivity index (χ4n) is 2.95. The van der Waals surface area contributed by atoms with Crippen molar-refractivity contribution in [1.82, 2.24) is 10.2 Å². The number of allylic oxidation sites excluding steroid dienone is 2. The van der Waals surface area contributed by atoms with Gasteiger partial charge in [0.1, 0.15) is 11.3 Å². The van der Waals surface area contributed by atoms with Crippen molar-refractivity contribution in [1.29, 1.82) is 0 Å². The Morgan fingerprint density at radius 3 is 2.96 bits per heavy atom. The van der Waals surface area contributed by atoms with E-state index in [-0.39, 0.29) is 29.7 Å². The Kier molecular flexibility index (Phi) is 3.91. The average molecular weight is 371 g/mol. The molecule has 2 aliphatic rings. The second-order valence-electron chi connectivity index (χ2n) is 6.20. The van der Waals surface area contributed by atoms with Gasteiger partial charge in [-0.15, -0.1) is 4.40 Å². The largest absolute Gasteiger partial charge is 0.459 e.